The molecule has 0 spiro atoms. The second-order valence-corrected chi connectivity index (χ2v) is 4.77. The molecular formula is C12H13FN2OS. The second-order valence-electron chi connectivity index (χ2n) is 3.68. The van der Waals surface area contributed by atoms with E-state index in [2.05, 4.69) is 4.98 Å². The van der Waals surface area contributed by atoms with E-state index >= 15 is 0 Å². The van der Waals surface area contributed by atoms with Crippen LogP contribution in [0.1, 0.15) is 11.9 Å². The van der Waals surface area contributed by atoms with Crippen LogP contribution in [0.2, 0.25) is 0 Å². The Kier molecular flexibility index (Phi) is 3.81. The Hall–Kier alpha value is -1.33. The number of rotatable bonds is 4. The average molecular weight is 252 g/mol. The maximum atomic E-state index is 12.9. The van der Waals surface area contributed by atoms with Gasteiger partial charge in [-0.25, -0.2) is 9.37 Å². The molecule has 1 N–H and O–H groups in total. The number of imidazole rings is 1. The Morgan fingerprint density at radius 1 is 1.53 bits per heavy atom. The Balaban J connectivity index is 1.97. The van der Waals surface area contributed by atoms with Gasteiger partial charge in [-0.15, -0.1) is 11.8 Å². The molecule has 1 unspecified atom stereocenters. The molecule has 0 aliphatic carbocycles. The number of benzene rings is 1. The van der Waals surface area contributed by atoms with E-state index in [1.54, 1.807) is 23.0 Å². The van der Waals surface area contributed by atoms with Crippen molar-refractivity contribution >= 4 is 11.8 Å². The Morgan fingerprint density at radius 3 is 3.00 bits per heavy atom. The minimum absolute atomic E-state index is 0.263. The number of aliphatic hydroxyl groups is 1. The summed E-state index contributed by atoms with van der Waals surface area (Å²) >= 11 is 1.41. The van der Waals surface area contributed by atoms with Crippen LogP contribution in [0.15, 0.2) is 41.6 Å². The molecule has 3 nitrogen and oxygen atoms in total. The van der Waals surface area contributed by atoms with Gasteiger partial charge in [-0.1, -0.05) is 6.07 Å². The number of aliphatic hydroxyl groups excluding tert-OH is 1. The number of thioether (sulfide) groups is 1. The lowest BCUT2D eigenvalue weighted by Crippen LogP contribution is -2.07. The van der Waals surface area contributed by atoms with Gasteiger partial charge in [-0.05, 0) is 18.2 Å². The van der Waals surface area contributed by atoms with Crippen molar-refractivity contribution in [1.82, 2.24) is 9.55 Å². The average Bonchev–Trinajstić information content (AvgIpc) is 2.72. The summed E-state index contributed by atoms with van der Waals surface area (Å²) < 4.78 is 14.7. The molecule has 1 atom stereocenters. The molecule has 0 aliphatic heterocycles. The van der Waals surface area contributed by atoms with Crippen LogP contribution < -0.4 is 0 Å². The summed E-state index contributed by atoms with van der Waals surface area (Å²) in [6.07, 6.45) is 2.78. The molecule has 2 aromatic rings. The quantitative estimate of drug-likeness (QED) is 0.849. The van der Waals surface area contributed by atoms with E-state index < -0.39 is 6.10 Å². The number of aromatic nitrogens is 2. The summed E-state index contributed by atoms with van der Waals surface area (Å²) in [6.45, 7) is 0. The van der Waals surface area contributed by atoms with E-state index in [0.717, 1.165) is 4.90 Å². The highest BCUT2D eigenvalue weighted by molar-refractivity contribution is 7.99. The summed E-state index contributed by atoms with van der Waals surface area (Å²) in [7, 11) is 1.83. The maximum absolute atomic E-state index is 12.9. The molecule has 2 rings (SSSR count). The third-order valence-electron chi connectivity index (χ3n) is 2.36. The van der Waals surface area contributed by atoms with Crippen LogP contribution in [-0.2, 0) is 7.05 Å². The van der Waals surface area contributed by atoms with Gasteiger partial charge in [0.15, 0.2) is 0 Å². The Morgan fingerprint density at radius 2 is 2.35 bits per heavy atom. The predicted molar refractivity (Wildman–Crippen MR) is 65.3 cm³/mol. The zero-order valence-corrected chi connectivity index (χ0v) is 10.2. The van der Waals surface area contributed by atoms with E-state index in [0.29, 0.717) is 11.6 Å². The van der Waals surface area contributed by atoms with Gasteiger partial charge >= 0.3 is 0 Å². The summed E-state index contributed by atoms with van der Waals surface area (Å²) in [5.41, 5.74) is 0. The van der Waals surface area contributed by atoms with Gasteiger partial charge in [0.2, 0.25) is 0 Å². The fraction of sp³-hybridized carbons (Fsp3) is 0.250. The van der Waals surface area contributed by atoms with Crippen molar-refractivity contribution < 1.29 is 9.50 Å². The molecule has 5 heteroatoms. The molecular weight excluding hydrogens is 239 g/mol. The van der Waals surface area contributed by atoms with Crippen molar-refractivity contribution in [1.29, 1.82) is 0 Å². The van der Waals surface area contributed by atoms with E-state index in [1.165, 1.54) is 23.9 Å². The molecule has 0 aliphatic rings. The lowest BCUT2D eigenvalue weighted by molar-refractivity contribution is 0.190. The zero-order valence-electron chi connectivity index (χ0n) is 9.38. The highest BCUT2D eigenvalue weighted by Crippen LogP contribution is 2.24. The van der Waals surface area contributed by atoms with E-state index in [4.69, 9.17) is 0 Å². The Labute approximate surface area is 103 Å². The highest BCUT2D eigenvalue weighted by atomic mass is 32.2. The first-order valence-electron chi connectivity index (χ1n) is 5.20. The van der Waals surface area contributed by atoms with Crippen LogP contribution in [0.3, 0.4) is 0 Å². The molecule has 17 heavy (non-hydrogen) atoms. The van der Waals surface area contributed by atoms with Crippen molar-refractivity contribution in [2.24, 2.45) is 7.05 Å². The Bertz CT molecular complexity index is 501. The van der Waals surface area contributed by atoms with Gasteiger partial charge in [-0.2, -0.15) is 0 Å². The standard InChI is InChI=1S/C12H13FN2OS/c1-15-6-5-14-12(15)11(16)8-17-10-4-2-3-9(13)7-10/h2-7,11,16H,8H2,1H3. The normalized spacial score (nSPS) is 12.6. The first-order chi connectivity index (χ1) is 8.16. The van der Waals surface area contributed by atoms with Crippen LogP contribution >= 0.6 is 11.8 Å². The van der Waals surface area contributed by atoms with Gasteiger partial charge in [0.25, 0.3) is 0 Å². The van der Waals surface area contributed by atoms with Gasteiger partial charge < -0.3 is 9.67 Å². The fourth-order valence-electron chi connectivity index (χ4n) is 1.50. The number of hydrogen-bond acceptors (Lipinski definition) is 3. The maximum Gasteiger partial charge on any atom is 0.138 e. The second kappa shape index (κ2) is 5.33. The molecule has 0 radical (unpaired) electrons. The zero-order chi connectivity index (χ0) is 12.3. The van der Waals surface area contributed by atoms with Crippen LogP contribution in [0.4, 0.5) is 4.39 Å². The van der Waals surface area contributed by atoms with Crippen LogP contribution in [-0.4, -0.2) is 20.4 Å². The monoisotopic (exact) mass is 252 g/mol. The van der Waals surface area contributed by atoms with Crippen molar-refractivity contribution in [3.05, 3.63) is 48.3 Å². The number of hydrogen-bond donors (Lipinski definition) is 1. The van der Waals surface area contributed by atoms with Crippen LogP contribution in [0.5, 0.6) is 0 Å². The van der Waals surface area contributed by atoms with Crippen molar-refractivity contribution in [3.8, 4) is 0 Å². The fourth-order valence-corrected chi connectivity index (χ4v) is 2.37. The topological polar surface area (TPSA) is 38.0 Å². The van der Waals surface area contributed by atoms with Crippen molar-refractivity contribution in [2.75, 3.05) is 5.75 Å². The van der Waals surface area contributed by atoms with Crippen LogP contribution in [0.25, 0.3) is 0 Å². The summed E-state index contributed by atoms with van der Waals surface area (Å²) in [5.74, 6) is 0.810. The molecule has 0 bridgehead atoms. The summed E-state index contributed by atoms with van der Waals surface area (Å²) in [4.78, 5) is 4.88. The largest absolute Gasteiger partial charge is 0.384 e. The molecule has 0 amide bonds. The third kappa shape index (κ3) is 3.08. The molecule has 1 aromatic carbocycles. The number of halogens is 1. The van der Waals surface area contributed by atoms with Crippen molar-refractivity contribution in [2.45, 2.75) is 11.0 Å². The van der Waals surface area contributed by atoms with Gasteiger partial charge in [-0.3, -0.25) is 0 Å². The molecule has 0 saturated carbocycles. The molecule has 1 heterocycles. The van der Waals surface area contributed by atoms with Crippen LogP contribution in [0, 0.1) is 5.82 Å². The SMILES string of the molecule is Cn1ccnc1C(O)CSc1cccc(F)c1. The molecule has 0 saturated heterocycles. The minimum atomic E-state index is -0.650. The van der Waals surface area contributed by atoms with E-state index in [9.17, 15) is 9.50 Å². The van der Waals surface area contributed by atoms with Gasteiger partial charge in [0.1, 0.15) is 17.7 Å². The lowest BCUT2D eigenvalue weighted by Gasteiger charge is -2.10. The van der Waals surface area contributed by atoms with Gasteiger partial charge in [0, 0.05) is 30.1 Å². The summed E-state index contributed by atoms with van der Waals surface area (Å²) in [5, 5.41) is 9.92. The first-order valence-corrected chi connectivity index (χ1v) is 6.19. The molecule has 0 fully saturated rings. The lowest BCUT2D eigenvalue weighted by atomic mass is 10.3. The third-order valence-corrected chi connectivity index (χ3v) is 3.43. The number of aryl methyl sites for hydroxylation is 1. The minimum Gasteiger partial charge on any atom is -0.384 e. The smallest absolute Gasteiger partial charge is 0.138 e. The molecule has 90 valence electrons. The summed E-state index contributed by atoms with van der Waals surface area (Å²) in [6, 6.07) is 6.33. The predicted octanol–water partition coefficient (Wildman–Crippen LogP) is 2.38. The molecule has 1 aromatic heterocycles. The van der Waals surface area contributed by atoms with Gasteiger partial charge in [0.05, 0.1) is 0 Å². The van der Waals surface area contributed by atoms with E-state index in [-0.39, 0.29) is 5.82 Å². The first kappa shape index (κ1) is 12.1. The van der Waals surface area contributed by atoms with E-state index in [1.807, 2.05) is 13.1 Å². The van der Waals surface area contributed by atoms with Crippen molar-refractivity contribution in [3.63, 3.8) is 0 Å². The highest BCUT2D eigenvalue weighted by Gasteiger charge is 2.12. The number of nitrogens with zero attached hydrogens (tertiary/aromatic N) is 2.